The quantitative estimate of drug-likeness (QED) is 0.774. The monoisotopic (exact) mass is 204 g/mol. The molecule has 0 saturated heterocycles. The molecule has 1 unspecified atom stereocenters. The van der Waals surface area contributed by atoms with Crippen molar-refractivity contribution in [2.75, 3.05) is 11.9 Å². The molecule has 0 spiro atoms. The summed E-state index contributed by atoms with van der Waals surface area (Å²) in [4.78, 5) is 0. The van der Waals surface area contributed by atoms with E-state index in [0.717, 1.165) is 6.54 Å². The lowest BCUT2D eigenvalue weighted by Crippen LogP contribution is -2.33. The molecule has 2 rings (SSSR count). The minimum atomic E-state index is 0.516. The molecule has 2 heteroatoms. The van der Waals surface area contributed by atoms with Crippen LogP contribution in [0, 0.1) is 6.92 Å². The lowest BCUT2D eigenvalue weighted by Gasteiger charge is -2.30. The standard InChI is InChI=1S/C13H20N2/c1-9(2)15-12-7-8-14-11-6-4-5-10(3)13(11)12/h4-6,9,12,14-15H,7-8H2,1-3H3. The molecule has 1 aliphatic rings. The Morgan fingerprint density at radius 2 is 2.20 bits per heavy atom. The van der Waals surface area contributed by atoms with Gasteiger partial charge < -0.3 is 10.6 Å². The number of hydrogen-bond acceptors (Lipinski definition) is 2. The van der Waals surface area contributed by atoms with Gasteiger partial charge >= 0.3 is 0 Å². The van der Waals surface area contributed by atoms with Crippen molar-refractivity contribution in [3.05, 3.63) is 29.3 Å². The second-order valence-corrected chi connectivity index (χ2v) is 4.63. The lowest BCUT2D eigenvalue weighted by molar-refractivity contribution is 0.452. The third-order valence-corrected chi connectivity index (χ3v) is 2.96. The largest absolute Gasteiger partial charge is 0.385 e. The summed E-state index contributed by atoms with van der Waals surface area (Å²) < 4.78 is 0. The lowest BCUT2D eigenvalue weighted by atomic mass is 9.93. The number of benzene rings is 1. The van der Waals surface area contributed by atoms with Gasteiger partial charge in [0.2, 0.25) is 0 Å². The molecule has 0 aromatic heterocycles. The van der Waals surface area contributed by atoms with Crippen molar-refractivity contribution < 1.29 is 0 Å². The van der Waals surface area contributed by atoms with Crippen LogP contribution in [0.1, 0.15) is 37.4 Å². The molecule has 0 bridgehead atoms. The summed E-state index contributed by atoms with van der Waals surface area (Å²) in [5, 5.41) is 7.11. The highest BCUT2D eigenvalue weighted by atomic mass is 15.0. The van der Waals surface area contributed by atoms with Gasteiger partial charge in [-0.15, -0.1) is 0 Å². The molecule has 15 heavy (non-hydrogen) atoms. The van der Waals surface area contributed by atoms with Crippen molar-refractivity contribution in [1.29, 1.82) is 0 Å². The van der Waals surface area contributed by atoms with E-state index < -0.39 is 0 Å². The second-order valence-electron chi connectivity index (χ2n) is 4.63. The predicted molar refractivity (Wildman–Crippen MR) is 65.3 cm³/mol. The summed E-state index contributed by atoms with van der Waals surface area (Å²) in [6.07, 6.45) is 1.18. The molecule has 2 N–H and O–H groups in total. The van der Waals surface area contributed by atoms with Crippen LogP contribution < -0.4 is 10.6 Å². The molecular formula is C13H20N2. The van der Waals surface area contributed by atoms with E-state index in [2.05, 4.69) is 49.6 Å². The molecule has 0 radical (unpaired) electrons. The molecule has 1 heterocycles. The van der Waals surface area contributed by atoms with Crippen molar-refractivity contribution >= 4 is 5.69 Å². The van der Waals surface area contributed by atoms with Crippen LogP contribution in [-0.2, 0) is 0 Å². The molecule has 1 aromatic rings. The van der Waals surface area contributed by atoms with E-state index in [0.29, 0.717) is 12.1 Å². The molecule has 0 fully saturated rings. The van der Waals surface area contributed by atoms with Crippen molar-refractivity contribution in [1.82, 2.24) is 5.32 Å². The number of fused-ring (bicyclic) bond motifs is 1. The SMILES string of the molecule is Cc1cccc2c1C(NC(C)C)CCN2. The summed E-state index contributed by atoms with van der Waals surface area (Å²) in [6.45, 7) is 7.68. The molecule has 0 amide bonds. The van der Waals surface area contributed by atoms with Gasteiger partial charge in [0.1, 0.15) is 0 Å². The minimum absolute atomic E-state index is 0.516. The zero-order valence-electron chi connectivity index (χ0n) is 9.80. The molecule has 2 nitrogen and oxygen atoms in total. The average molecular weight is 204 g/mol. The fourth-order valence-electron chi connectivity index (χ4n) is 2.36. The van der Waals surface area contributed by atoms with Gasteiger partial charge in [0.05, 0.1) is 0 Å². The zero-order valence-corrected chi connectivity index (χ0v) is 9.80. The van der Waals surface area contributed by atoms with Crippen LogP contribution in [0.5, 0.6) is 0 Å². The number of aryl methyl sites for hydroxylation is 1. The topological polar surface area (TPSA) is 24.1 Å². The number of nitrogens with one attached hydrogen (secondary N) is 2. The third-order valence-electron chi connectivity index (χ3n) is 2.96. The van der Waals surface area contributed by atoms with Gasteiger partial charge in [-0.1, -0.05) is 26.0 Å². The molecule has 1 aromatic carbocycles. The summed E-state index contributed by atoms with van der Waals surface area (Å²) in [5.41, 5.74) is 4.15. The fourth-order valence-corrected chi connectivity index (χ4v) is 2.36. The van der Waals surface area contributed by atoms with Crippen molar-refractivity contribution in [2.45, 2.75) is 39.3 Å². The van der Waals surface area contributed by atoms with Crippen LogP contribution in [0.15, 0.2) is 18.2 Å². The minimum Gasteiger partial charge on any atom is -0.385 e. The number of anilines is 1. The molecule has 0 aliphatic carbocycles. The smallest absolute Gasteiger partial charge is 0.0391 e. The van der Waals surface area contributed by atoms with E-state index in [1.807, 2.05) is 0 Å². The van der Waals surface area contributed by atoms with Gasteiger partial charge in [-0.3, -0.25) is 0 Å². The summed E-state index contributed by atoms with van der Waals surface area (Å²) >= 11 is 0. The molecule has 0 saturated carbocycles. The molecule has 1 aliphatic heterocycles. The van der Waals surface area contributed by atoms with Crippen LogP contribution in [0.2, 0.25) is 0 Å². The maximum absolute atomic E-state index is 3.64. The van der Waals surface area contributed by atoms with E-state index in [9.17, 15) is 0 Å². The molecule has 1 atom stereocenters. The Morgan fingerprint density at radius 1 is 1.40 bits per heavy atom. The number of hydrogen-bond donors (Lipinski definition) is 2. The number of rotatable bonds is 2. The van der Waals surface area contributed by atoms with Crippen LogP contribution in [0.4, 0.5) is 5.69 Å². The zero-order chi connectivity index (χ0) is 10.8. The van der Waals surface area contributed by atoms with Gasteiger partial charge in [-0.05, 0) is 30.5 Å². The van der Waals surface area contributed by atoms with E-state index in [1.54, 1.807) is 0 Å². The van der Waals surface area contributed by atoms with E-state index in [1.165, 1.54) is 23.2 Å². The predicted octanol–water partition coefficient (Wildman–Crippen LogP) is 2.85. The van der Waals surface area contributed by atoms with Crippen molar-refractivity contribution in [3.8, 4) is 0 Å². The Kier molecular flexibility index (Phi) is 2.96. The van der Waals surface area contributed by atoms with Crippen molar-refractivity contribution in [3.63, 3.8) is 0 Å². The Morgan fingerprint density at radius 3 is 2.93 bits per heavy atom. The van der Waals surface area contributed by atoms with Crippen LogP contribution in [0.3, 0.4) is 0 Å². The Hall–Kier alpha value is -1.02. The summed E-state index contributed by atoms with van der Waals surface area (Å²) in [7, 11) is 0. The van der Waals surface area contributed by atoms with Crippen LogP contribution in [-0.4, -0.2) is 12.6 Å². The summed E-state index contributed by atoms with van der Waals surface area (Å²) in [5.74, 6) is 0. The normalized spacial score (nSPS) is 19.9. The first-order valence-corrected chi connectivity index (χ1v) is 5.78. The van der Waals surface area contributed by atoms with E-state index >= 15 is 0 Å². The first-order chi connectivity index (χ1) is 7.18. The molecular weight excluding hydrogens is 184 g/mol. The summed E-state index contributed by atoms with van der Waals surface area (Å²) in [6, 6.07) is 7.55. The first-order valence-electron chi connectivity index (χ1n) is 5.78. The fraction of sp³-hybridized carbons (Fsp3) is 0.538. The highest BCUT2D eigenvalue weighted by Crippen LogP contribution is 2.32. The Balaban J connectivity index is 2.32. The highest BCUT2D eigenvalue weighted by molar-refractivity contribution is 5.57. The van der Waals surface area contributed by atoms with Crippen LogP contribution in [0.25, 0.3) is 0 Å². The maximum Gasteiger partial charge on any atom is 0.0391 e. The Bertz CT molecular complexity index is 344. The van der Waals surface area contributed by atoms with Gasteiger partial charge in [0.15, 0.2) is 0 Å². The first kappa shape index (κ1) is 10.5. The van der Waals surface area contributed by atoms with Gasteiger partial charge in [-0.25, -0.2) is 0 Å². The average Bonchev–Trinajstić information content (AvgIpc) is 2.17. The van der Waals surface area contributed by atoms with Crippen molar-refractivity contribution in [2.24, 2.45) is 0 Å². The molecule has 82 valence electrons. The second kappa shape index (κ2) is 4.23. The van der Waals surface area contributed by atoms with E-state index in [4.69, 9.17) is 0 Å². The maximum atomic E-state index is 3.64. The Labute approximate surface area is 92.1 Å². The van der Waals surface area contributed by atoms with Gasteiger partial charge in [-0.2, -0.15) is 0 Å². The third kappa shape index (κ3) is 2.15. The van der Waals surface area contributed by atoms with E-state index in [-0.39, 0.29) is 0 Å². The highest BCUT2D eigenvalue weighted by Gasteiger charge is 2.21. The van der Waals surface area contributed by atoms with Crippen LogP contribution >= 0.6 is 0 Å². The van der Waals surface area contributed by atoms with Gasteiger partial charge in [0.25, 0.3) is 0 Å². The van der Waals surface area contributed by atoms with Gasteiger partial charge in [0, 0.05) is 24.3 Å².